The van der Waals surface area contributed by atoms with Crippen LogP contribution in [-0.4, -0.2) is 22.2 Å². The summed E-state index contributed by atoms with van der Waals surface area (Å²) in [6.45, 7) is 3.26. The molecule has 1 aromatic rings. The number of aliphatic hydroxyl groups excluding tert-OH is 1. The summed E-state index contributed by atoms with van der Waals surface area (Å²) < 4.78 is 7.11. The van der Waals surface area contributed by atoms with Gasteiger partial charge in [0.1, 0.15) is 0 Å². The molecule has 0 fully saturated rings. The lowest BCUT2D eigenvalue weighted by molar-refractivity contribution is -0.143. The maximum atomic E-state index is 11.2. The standard InChI is InChI=1S/C17H27NO3/c1-2-21-17(20)10-4-3-7-11-18-12-14-8-5-6-9-16(19)15(14)13-18/h12-13,16,19H,2-11H2,1H3. The van der Waals surface area contributed by atoms with E-state index in [1.165, 1.54) is 12.0 Å². The van der Waals surface area contributed by atoms with Crippen LogP contribution in [0.3, 0.4) is 0 Å². The first-order chi connectivity index (χ1) is 10.2. The first-order valence-corrected chi connectivity index (χ1v) is 8.23. The summed E-state index contributed by atoms with van der Waals surface area (Å²) >= 11 is 0. The van der Waals surface area contributed by atoms with E-state index in [0.717, 1.165) is 50.6 Å². The number of carbonyl (C=O) groups is 1. The highest BCUT2D eigenvalue weighted by Crippen LogP contribution is 2.29. The number of hydrogen-bond donors (Lipinski definition) is 1. The molecule has 0 radical (unpaired) electrons. The number of aromatic nitrogens is 1. The second kappa shape index (κ2) is 8.23. The molecule has 4 nitrogen and oxygen atoms in total. The van der Waals surface area contributed by atoms with Crippen LogP contribution in [0, 0.1) is 0 Å². The van der Waals surface area contributed by atoms with Crippen molar-refractivity contribution in [1.29, 1.82) is 0 Å². The van der Waals surface area contributed by atoms with Crippen molar-refractivity contribution in [2.24, 2.45) is 0 Å². The molecule has 118 valence electrons. The maximum absolute atomic E-state index is 11.2. The van der Waals surface area contributed by atoms with E-state index < -0.39 is 0 Å². The molecular weight excluding hydrogens is 266 g/mol. The number of esters is 1. The molecule has 0 bridgehead atoms. The molecular formula is C17H27NO3. The fourth-order valence-corrected chi connectivity index (χ4v) is 2.99. The van der Waals surface area contributed by atoms with E-state index in [1.54, 1.807) is 0 Å². The second-order valence-corrected chi connectivity index (χ2v) is 5.85. The maximum Gasteiger partial charge on any atom is 0.305 e. The van der Waals surface area contributed by atoms with Crippen molar-refractivity contribution in [3.8, 4) is 0 Å². The predicted octanol–water partition coefficient (Wildman–Crippen LogP) is 3.37. The Hall–Kier alpha value is -1.29. The average Bonchev–Trinajstić information content (AvgIpc) is 2.79. The van der Waals surface area contributed by atoms with Crippen molar-refractivity contribution < 1.29 is 14.6 Å². The molecule has 0 aliphatic heterocycles. The number of nitrogens with zero attached hydrogens (tertiary/aromatic N) is 1. The summed E-state index contributed by atoms with van der Waals surface area (Å²) in [5, 5.41) is 10.1. The van der Waals surface area contributed by atoms with Crippen molar-refractivity contribution in [2.75, 3.05) is 6.61 Å². The minimum absolute atomic E-state index is 0.0895. The molecule has 0 spiro atoms. The van der Waals surface area contributed by atoms with E-state index in [0.29, 0.717) is 13.0 Å². The zero-order valence-corrected chi connectivity index (χ0v) is 13.0. The smallest absolute Gasteiger partial charge is 0.305 e. The third-order valence-electron chi connectivity index (χ3n) is 4.13. The van der Waals surface area contributed by atoms with Gasteiger partial charge in [-0.15, -0.1) is 0 Å². The van der Waals surface area contributed by atoms with E-state index in [1.807, 2.05) is 6.92 Å². The summed E-state index contributed by atoms with van der Waals surface area (Å²) in [4.78, 5) is 11.2. The summed E-state index contributed by atoms with van der Waals surface area (Å²) in [5.41, 5.74) is 2.44. The number of hydrogen-bond acceptors (Lipinski definition) is 3. The lowest BCUT2D eigenvalue weighted by Crippen LogP contribution is -2.03. The molecule has 0 saturated heterocycles. The van der Waals surface area contributed by atoms with E-state index in [2.05, 4.69) is 17.0 Å². The molecule has 1 aromatic heterocycles. The van der Waals surface area contributed by atoms with Crippen LogP contribution < -0.4 is 0 Å². The van der Waals surface area contributed by atoms with Gasteiger partial charge in [-0.1, -0.05) is 12.8 Å². The number of carbonyl (C=O) groups excluding carboxylic acids is 1. The Labute approximate surface area is 127 Å². The van der Waals surface area contributed by atoms with Crippen molar-refractivity contribution in [1.82, 2.24) is 4.57 Å². The molecule has 0 aromatic carbocycles. The first kappa shape index (κ1) is 16.1. The Morgan fingerprint density at radius 2 is 2.19 bits per heavy atom. The van der Waals surface area contributed by atoms with Crippen LogP contribution in [0.1, 0.15) is 69.1 Å². The Bertz CT molecular complexity index is 453. The van der Waals surface area contributed by atoms with Gasteiger partial charge in [0.05, 0.1) is 12.7 Å². The van der Waals surface area contributed by atoms with Gasteiger partial charge in [-0.2, -0.15) is 0 Å². The van der Waals surface area contributed by atoms with Crippen molar-refractivity contribution >= 4 is 5.97 Å². The number of unbranched alkanes of at least 4 members (excludes halogenated alkanes) is 2. The molecule has 4 heteroatoms. The van der Waals surface area contributed by atoms with E-state index in [-0.39, 0.29) is 12.1 Å². The van der Waals surface area contributed by atoms with Gasteiger partial charge >= 0.3 is 5.97 Å². The molecule has 1 heterocycles. The molecule has 1 aliphatic rings. The Balaban J connectivity index is 1.72. The van der Waals surface area contributed by atoms with Crippen LogP contribution in [0.5, 0.6) is 0 Å². The van der Waals surface area contributed by atoms with Crippen LogP contribution in [0.15, 0.2) is 12.4 Å². The lowest BCUT2D eigenvalue weighted by atomic mass is 10.1. The Morgan fingerprint density at radius 3 is 3.00 bits per heavy atom. The average molecular weight is 293 g/mol. The fourth-order valence-electron chi connectivity index (χ4n) is 2.99. The normalized spacial score (nSPS) is 18.1. The Morgan fingerprint density at radius 1 is 1.33 bits per heavy atom. The number of aliphatic hydroxyl groups is 1. The van der Waals surface area contributed by atoms with Gasteiger partial charge in [-0.25, -0.2) is 0 Å². The zero-order chi connectivity index (χ0) is 15.1. The van der Waals surface area contributed by atoms with Gasteiger partial charge in [0.15, 0.2) is 0 Å². The van der Waals surface area contributed by atoms with Crippen LogP contribution in [-0.2, 0) is 22.5 Å². The third-order valence-corrected chi connectivity index (χ3v) is 4.13. The highest BCUT2D eigenvalue weighted by Gasteiger charge is 2.18. The zero-order valence-electron chi connectivity index (χ0n) is 13.0. The first-order valence-electron chi connectivity index (χ1n) is 8.23. The van der Waals surface area contributed by atoms with E-state index in [4.69, 9.17) is 4.74 Å². The van der Waals surface area contributed by atoms with Crippen LogP contribution in [0.25, 0.3) is 0 Å². The monoisotopic (exact) mass is 293 g/mol. The van der Waals surface area contributed by atoms with Crippen LogP contribution >= 0.6 is 0 Å². The number of aryl methyl sites for hydroxylation is 2. The number of fused-ring (bicyclic) bond motifs is 1. The quantitative estimate of drug-likeness (QED) is 0.476. The molecule has 0 saturated carbocycles. The molecule has 1 atom stereocenters. The molecule has 21 heavy (non-hydrogen) atoms. The SMILES string of the molecule is CCOC(=O)CCCCCn1cc2c(c1)C(O)CCCC2. The molecule has 0 amide bonds. The topological polar surface area (TPSA) is 51.5 Å². The van der Waals surface area contributed by atoms with Gasteiger partial charge < -0.3 is 14.4 Å². The van der Waals surface area contributed by atoms with Crippen LogP contribution in [0.4, 0.5) is 0 Å². The summed E-state index contributed by atoms with van der Waals surface area (Å²) in [5.74, 6) is -0.0895. The summed E-state index contributed by atoms with van der Waals surface area (Å²) in [6, 6.07) is 0. The molecule has 2 rings (SSSR count). The second-order valence-electron chi connectivity index (χ2n) is 5.85. The van der Waals surface area contributed by atoms with Gasteiger partial charge in [0, 0.05) is 30.9 Å². The van der Waals surface area contributed by atoms with E-state index >= 15 is 0 Å². The minimum Gasteiger partial charge on any atom is -0.466 e. The third kappa shape index (κ3) is 4.88. The highest BCUT2D eigenvalue weighted by molar-refractivity contribution is 5.69. The molecule has 1 unspecified atom stereocenters. The van der Waals surface area contributed by atoms with E-state index in [9.17, 15) is 9.90 Å². The summed E-state index contributed by atoms with van der Waals surface area (Å²) in [6.07, 6.45) is 11.8. The summed E-state index contributed by atoms with van der Waals surface area (Å²) in [7, 11) is 0. The lowest BCUT2D eigenvalue weighted by Gasteiger charge is -2.06. The Kier molecular flexibility index (Phi) is 6.30. The molecule has 1 aliphatic carbocycles. The number of rotatable bonds is 7. The van der Waals surface area contributed by atoms with Crippen LogP contribution in [0.2, 0.25) is 0 Å². The number of ether oxygens (including phenoxy) is 1. The van der Waals surface area contributed by atoms with Crippen molar-refractivity contribution in [3.05, 3.63) is 23.5 Å². The van der Waals surface area contributed by atoms with Crippen molar-refractivity contribution in [2.45, 2.75) is 70.9 Å². The largest absolute Gasteiger partial charge is 0.466 e. The fraction of sp³-hybridized carbons (Fsp3) is 0.706. The predicted molar refractivity (Wildman–Crippen MR) is 82.0 cm³/mol. The van der Waals surface area contributed by atoms with Gasteiger partial charge in [0.2, 0.25) is 0 Å². The van der Waals surface area contributed by atoms with Gasteiger partial charge in [0.25, 0.3) is 0 Å². The van der Waals surface area contributed by atoms with Gasteiger partial charge in [-0.05, 0) is 44.6 Å². The minimum atomic E-state index is -0.285. The highest BCUT2D eigenvalue weighted by atomic mass is 16.5. The van der Waals surface area contributed by atoms with Gasteiger partial charge in [-0.3, -0.25) is 4.79 Å². The van der Waals surface area contributed by atoms with Crippen molar-refractivity contribution in [3.63, 3.8) is 0 Å². The molecule has 1 N–H and O–H groups in total.